The van der Waals surface area contributed by atoms with Gasteiger partial charge in [-0.2, -0.15) is 0 Å². The second kappa shape index (κ2) is 6.84. The molecule has 0 aliphatic rings. The lowest BCUT2D eigenvalue weighted by Gasteiger charge is -2.13. The molecule has 0 spiro atoms. The SMILES string of the molecule is Cc1c(Br)ccc(NC(=O)Cn2c(C)c(C=O)c3ccccc32)c1C. The minimum atomic E-state index is -0.119. The number of hydrogen-bond donors (Lipinski definition) is 1. The van der Waals surface area contributed by atoms with Crippen LogP contribution >= 0.6 is 15.9 Å². The third kappa shape index (κ3) is 3.12. The summed E-state index contributed by atoms with van der Waals surface area (Å²) in [4.78, 5) is 24.0. The van der Waals surface area contributed by atoms with E-state index in [1.165, 1.54) is 0 Å². The Labute approximate surface area is 155 Å². The molecular weight excluding hydrogens is 380 g/mol. The molecule has 0 bridgehead atoms. The molecule has 0 atom stereocenters. The van der Waals surface area contributed by atoms with Gasteiger partial charge in [0.25, 0.3) is 0 Å². The van der Waals surface area contributed by atoms with Crippen molar-refractivity contribution in [1.82, 2.24) is 4.57 Å². The zero-order chi connectivity index (χ0) is 18.1. The molecule has 0 unspecified atom stereocenters. The zero-order valence-corrected chi connectivity index (χ0v) is 16.0. The number of benzene rings is 2. The molecule has 1 amide bonds. The maximum absolute atomic E-state index is 12.6. The van der Waals surface area contributed by atoms with Crippen LogP contribution in [0.25, 0.3) is 10.9 Å². The molecule has 0 fully saturated rings. The molecule has 4 nitrogen and oxygen atoms in total. The number of nitrogens with zero attached hydrogens (tertiary/aromatic N) is 1. The van der Waals surface area contributed by atoms with E-state index in [1.54, 1.807) is 0 Å². The first-order valence-electron chi connectivity index (χ1n) is 8.02. The topological polar surface area (TPSA) is 51.1 Å². The van der Waals surface area contributed by atoms with Gasteiger partial charge in [0, 0.05) is 32.3 Å². The smallest absolute Gasteiger partial charge is 0.244 e. The van der Waals surface area contributed by atoms with Crippen LogP contribution in [0, 0.1) is 20.8 Å². The number of carbonyl (C=O) groups is 2. The van der Waals surface area contributed by atoms with Crippen molar-refractivity contribution in [3.63, 3.8) is 0 Å². The molecule has 1 N–H and O–H groups in total. The lowest BCUT2D eigenvalue weighted by atomic mass is 10.1. The van der Waals surface area contributed by atoms with E-state index >= 15 is 0 Å². The molecule has 1 heterocycles. The average molecular weight is 399 g/mol. The predicted octanol–water partition coefficient (Wildman–Crippen LogP) is 4.78. The molecule has 5 heteroatoms. The summed E-state index contributed by atoms with van der Waals surface area (Å²) >= 11 is 3.50. The summed E-state index contributed by atoms with van der Waals surface area (Å²) in [6.45, 7) is 6.02. The highest BCUT2D eigenvalue weighted by Crippen LogP contribution is 2.27. The summed E-state index contributed by atoms with van der Waals surface area (Å²) < 4.78 is 2.90. The lowest BCUT2D eigenvalue weighted by Crippen LogP contribution is -2.20. The van der Waals surface area contributed by atoms with Crippen LogP contribution in [0.1, 0.15) is 27.2 Å². The highest BCUT2D eigenvalue weighted by molar-refractivity contribution is 9.10. The Morgan fingerprint density at radius 1 is 1.12 bits per heavy atom. The first-order chi connectivity index (χ1) is 11.9. The lowest BCUT2D eigenvalue weighted by molar-refractivity contribution is -0.116. The quantitative estimate of drug-likeness (QED) is 0.642. The minimum absolute atomic E-state index is 0.119. The number of amides is 1. The van der Waals surface area contributed by atoms with Crippen LogP contribution in [-0.2, 0) is 11.3 Å². The van der Waals surface area contributed by atoms with Crippen LogP contribution in [0.15, 0.2) is 40.9 Å². The van der Waals surface area contributed by atoms with Crippen LogP contribution in [0.4, 0.5) is 5.69 Å². The number of para-hydroxylation sites is 1. The van der Waals surface area contributed by atoms with Gasteiger partial charge >= 0.3 is 0 Å². The molecule has 0 aliphatic heterocycles. The van der Waals surface area contributed by atoms with Crippen molar-refractivity contribution in [3.05, 3.63) is 63.3 Å². The molecule has 0 saturated heterocycles. The second-order valence-electron chi connectivity index (χ2n) is 6.11. The number of carbonyl (C=O) groups excluding carboxylic acids is 2. The average Bonchev–Trinajstić information content (AvgIpc) is 2.87. The molecule has 0 aliphatic carbocycles. The number of fused-ring (bicyclic) bond motifs is 1. The van der Waals surface area contributed by atoms with Gasteiger partial charge in [-0.15, -0.1) is 0 Å². The Morgan fingerprint density at radius 2 is 1.84 bits per heavy atom. The monoisotopic (exact) mass is 398 g/mol. The van der Waals surface area contributed by atoms with Gasteiger partial charge < -0.3 is 9.88 Å². The van der Waals surface area contributed by atoms with E-state index in [0.717, 1.165) is 44.2 Å². The number of aldehydes is 1. The number of nitrogens with one attached hydrogen (secondary N) is 1. The maximum atomic E-state index is 12.6. The summed E-state index contributed by atoms with van der Waals surface area (Å²) in [5.41, 5.74) is 5.26. The Balaban J connectivity index is 1.92. The van der Waals surface area contributed by atoms with Crippen molar-refractivity contribution in [2.45, 2.75) is 27.3 Å². The van der Waals surface area contributed by atoms with Crippen molar-refractivity contribution in [3.8, 4) is 0 Å². The fraction of sp³-hybridized carbons (Fsp3) is 0.200. The molecule has 2 aromatic carbocycles. The molecule has 3 rings (SSSR count). The van der Waals surface area contributed by atoms with Gasteiger partial charge in [-0.3, -0.25) is 9.59 Å². The number of aromatic nitrogens is 1. The van der Waals surface area contributed by atoms with E-state index in [1.807, 2.05) is 61.7 Å². The van der Waals surface area contributed by atoms with Crippen molar-refractivity contribution in [2.24, 2.45) is 0 Å². The fourth-order valence-electron chi connectivity index (χ4n) is 3.07. The van der Waals surface area contributed by atoms with Gasteiger partial charge in [-0.1, -0.05) is 34.1 Å². The molecule has 0 radical (unpaired) electrons. The molecule has 3 aromatic rings. The number of hydrogen-bond acceptors (Lipinski definition) is 2. The fourth-order valence-corrected chi connectivity index (χ4v) is 3.50. The first kappa shape index (κ1) is 17.4. The third-order valence-electron chi connectivity index (χ3n) is 4.69. The standard InChI is InChI=1S/C20H19BrN2O2/c1-12-13(2)18(9-8-17(12)21)22-20(25)10-23-14(3)16(11-24)15-6-4-5-7-19(15)23/h4-9,11H,10H2,1-3H3,(H,22,25). The van der Waals surface area contributed by atoms with Crippen LogP contribution in [0.5, 0.6) is 0 Å². The van der Waals surface area contributed by atoms with Crippen molar-refractivity contribution >= 4 is 44.7 Å². The molecular formula is C20H19BrN2O2. The van der Waals surface area contributed by atoms with Crippen LogP contribution < -0.4 is 5.32 Å². The van der Waals surface area contributed by atoms with Crippen molar-refractivity contribution in [1.29, 1.82) is 0 Å². The highest BCUT2D eigenvalue weighted by atomic mass is 79.9. The Hall–Kier alpha value is -2.40. The summed E-state index contributed by atoms with van der Waals surface area (Å²) in [6.07, 6.45) is 0.855. The van der Waals surface area contributed by atoms with E-state index < -0.39 is 0 Å². The van der Waals surface area contributed by atoms with E-state index in [-0.39, 0.29) is 12.5 Å². The van der Waals surface area contributed by atoms with E-state index in [0.29, 0.717) is 5.56 Å². The number of anilines is 1. The van der Waals surface area contributed by atoms with Gasteiger partial charge in [-0.25, -0.2) is 0 Å². The van der Waals surface area contributed by atoms with Gasteiger partial charge in [0.15, 0.2) is 6.29 Å². The maximum Gasteiger partial charge on any atom is 0.244 e. The summed E-state index contributed by atoms with van der Waals surface area (Å²) in [5.74, 6) is -0.119. The Morgan fingerprint density at radius 3 is 2.56 bits per heavy atom. The molecule has 1 aromatic heterocycles. The van der Waals surface area contributed by atoms with Crippen LogP contribution in [0.3, 0.4) is 0 Å². The van der Waals surface area contributed by atoms with Gasteiger partial charge in [-0.05, 0) is 50.1 Å². The number of rotatable bonds is 4. The zero-order valence-electron chi connectivity index (χ0n) is 14.4. The normalized spacial score (nSPS) is 10.9. The van der Waals surface area contributed by atoms with Gasteiger partial charge in [0.05, 0.1) is 0 Å². The molecule has 25 heavy (non-hydrogen) atoms. The Bertz CT molecular complexity index is 989. The highest BCUT2D eigenvalue weighted by Gasteiger charge is 2.16. The second-order valence-corrected chi connectivity index (χ2v) is 6.97. The minimum Gasteiger partial charge on any atom is -0.335 e. The van der Waals surface area contributed by atoms with E-state index in [2.05, 4.69) is 21.2 Å². The van der Waals surface area contributed by atoms with Crippen molar-refractivity contribution < 1.29 is 9.59 Å². The summed E-state index contributed by atoms with van der Waals surface area (Å²) in [5, 5.41) is 3.85. The molecule has 128 valence electrons. The van der Waals surface area contributed by atoms with E-state index in [9.17, 15) is 9.59 Å². The van der Waals surface area contributed by atoms with Gasteiger partial charge in [0.1, 0.15) is 6.54 Å². The predicted molar refractivity (Wildman–Crippen MR) is 104 cm³/mol. The van der Waals surface area contributed by atoms with Crippen molar-refractivity contribution in [2.75, 3.05) is 5.32 Å². The third-order valence-corrected chi connectivity index (χ3v) is 5.55. The summed E-state index contributed by atoms with van der Waals surface area (Å²) in [7, 11) is 0. The number of halogens is 1. The summed E-state index contributed by atoms with van der Waals surface area (Å²) in [6, 6.07) is 11.5. The van der Waals surface area contributed by atoms with E-state index in [4.69, 9.17) is 0 Å². The van der Waals surface area contributed by atoms with Crippen LogP contribution in [0.2, 0.25) is 0 Å². The van der Waals surface area contributed by atoms with Gasteiger partial charge in [0.2, 0.25) is 5.91 Å². The first-order valence-corrected chi connectivity index (χ1v) is 8.82. The Kier molecular flexibility index (Phi) is 4.77. The largest absolute Gasteiger partial charge is 0.335 e. The van der Waals surface area contributed by atoms with Crippen LogP contribution in [-0.4, -0.2) is 16.8 Å². The molecule has 0 saturated carbocycles.